The van der Waals surface area contributed by atoms with Crippen LogP contribution in [0.2, 0.25) is 0 Å². The van der Waals surface area contributed by atoms with E-state index in [1.165, 1.54) is 0 Å². The van der Waals surface area contributed by atoms with Crippen molar-refractivity contribution in [3.63, 3.8) is 0 Å². The minimum Gasteiger partial charge on any atom is -0.380 e. The summed E-state index contributed by atoms with van der Waals surface area (Å²) < 4.78 is 0. The van der Waals surface area contributed by atoms with E-state index in [0.29, 0.717) is 30.7 Å². The Morgan fingerprint density at radius 2 is 2.04 bits per heavy atom. The second-order valence-corrected chi connectivity index (χ2v) is 7.94. The van der Waals surface area contributed by atoms with Crippen LogP contribution in [0.5, 0.6) is 0 Å². The first-order chi connectivity index (χ1) is 12.0. The van der Waals surface area contributed by atoms with Gasteiger partial charge in [-0.05, 0) is 43.6 Å². The number of fused-ring (bicyclic) bond motifs is 2. The van der Waals surface area contributed by atoms with Crippen LogP contribution in [-0.2, 0) is 4.79 Å². The molecule has 7 heteroatoms. The van der Waals surface area contributed by atoms with Crippen LogP contribution >= 0.6 is 0 Å². The molecule has 1 aliphatic heterocycles. The maximum atomic E-state index is 12.4. The number of amides is 1. The average Bonchev–Trinajstić information content (AvgIpc) is 2.99. The van der Waals surface area contributed by atoms with Gasteiger partial charge in [-0.3, -0.25) is 4.79 Å². The number of carbonyl (C=O) groups is 1. The fourth-order valence-corrected chi connectivity index (χ4v) is 4.69. The SMILES string of the molecule is CN(c1ncnc2[nH]ccc12)C1C[C@@H]2CN(C(=O)C3(O)CC3)C[C@@H]2C1. The number of anilines is 1. The number of aliphatic hydroxyl groups is 1. The largest absolute Gasteiger partial charge is 0.380 e. The number of hydrogen-bond acceptors (Lipinski definition) is 5. The number of likely N-dealkylation sites (tertiary alicyclic amines) is 1. The van der Waals surface area contributed by atoms with Crippen LogP contribution in [0.1, 0.15) is 25.7 Å². The third-order valence-electron chi connectivity index (χ3n) is 6.35. The van der Waals surface area contributed by atoms with Gasteiger partial charge in [-0.2, -0.15) is 0 Å². The molecule has 1 saturated heterocycles. The van der Waals surface area contributed by atoms with E-state index >= 15 is 0 Å². The van der Waals surface area contributed by atoms with E-state index in [-0.39, 0.29) is 5.91 Å². The van der Waals surface area contributed by atoms with Crippen molar-refractivity contribution < 1.29 is 9.90 Å². The van der Waals surface area contributed by atoms with Gasteiger partial charge in [-0.1, -0.05) is 0 Å². The molecule has 0 radical (unpaired) electrons. The Kier molecular flexibility index (Phi) is 3.13. The molecule has 0 bridgehead atoms. The van der Waals surface area contributed by atoms with Gasteiger partial charge in [-0.15, -0.1) is 0 Å². The van der Waals surface area contributed by atoms with Crippen LogP contribution in [0.4, 0.5) is 5.82 Å². The van der Waals surface area contributed by atoms with Crippen LogP contribution in [0, 0.1) is 11.8 Å². The van der Waals surface area contributed by atoms with Crippen LogP contribution in [-0.4, -0.2) is 62.6 Å². The van der Waals surface area contributed by atoms with Gasteiger partial charge in [0.05, 0.1) is 5.39 Å². The predicted molar refractivity (Wildman–Crippen MR) is 93.1 cm³/mol. The van der Waals surface area contributed by atoms with Crippen LogP contribution in [0.15, 0.2) is 18.6 Å². The number of aromatic amines is 1. The molecule has 7 nitrogen and oxygen atoms in total. The highest BCUT2D eigenvalue weighted by molar-refractivity contribution is 5.88. The van der Waals surface area contributed by atoms with Crippen molar-refractivity contribution in [1.29, 1.82) is 0 Å². The standard InChI is InChI=1S/C18H23N5O2/c1-22(16-14-2-5-19-15(14)20-10-21-16)13-6-11-8-23(9-12(11)7-13)17(24)18(25)3-4-18/h2,5,10-13,25H,3-4,6-9H2,1H3,(H,19,20,21)/t11-,12+,13?. The van der Waals surface area contributed by atoms with Gasteiger partial charge >= 0.3 is 0 Å². The smallest absolute Gasteiger partial charge is 0.254 e. The van der Waals surface area contributed by atoms with Crippen molar-refractivity contribution in [3.8, 4) is 0 Å². The normalized spacial score (nSPS) is 29.8. The predicted octanol–water partition coefficient (Wildman–Crippen LogP) is 1.16. The lowest BCUT2D eigenvalue weighted by Crippen LogP contribution is -2.40. The first-order valence-electron chi connectivity index (χ1n) is 9.08. The van der Waals surface area contributed by atoms with E-state index < -0.39 is 5.60 Å². The Labute approximate surface area is 146 Å². The van der Waals surface area contributed by atoms with Crippen LogP contribution < -0.4 is 4.90 Å². The van der Waals surface area contributed by atoms with Crippen molar-refractivity contribution in [2.45, 2.75) is 37.3 Å². The summed E-state index contributed by atoms with van der Waals surface area (Å²) in [7, 11) is 2.11. The molecule has 2 N–H and O–H groups in total. The molecule has 25 heavy (non-hydrogen) atoms. The van der Waals surface area contributed by atoms with Crippen molar-refractivity contribution in [1.82, 2.24) is 19.9 Å². The molecule has 132 valence electrons. The van der Waals surface area contributed by atoms with Gasteiger partial charge in [0.15, 0.2) is 0 Å². The fraction of sp³-hybridized carbons (Fsp3) is 0.611. The summed E-state index contributed by atoms with van der Waals surface area (Å²) in [5.41, 5.74) is -0.167. The fourth-order valence-electron chi connectivity index (χ4n) is 4.69. The summed E-state index contributed by atoms with van der Waals surface area (Å²) in [6, 6.07) is 2.46. The van der Waals surface area contributed by atoms with E-state index in [2.05, 4.69) is 26.9 Å². The van der Waals surface area contributed by atoms with Crippen molar-refractivity contribution in [2.75, 3.05) is 25.0 Å². The second-order valence-electron chi connectivity index (χ2n) is 7.94. The molecule has 3 fully saturated rings. The van der Waals surface area contributed by atoms with Crippen molar-refractivity contribution >= 4 is 22.8 Å². The summed E-state index contributed by atoms with van der Waals surface area (Å²) in [6.45, 7) is 1.58. The lowest BCUT2D eigenvalue weighted by molar-refractivity contribution is -0.141. The molecule has 0 aromatic carbocycles. The molecular formula is C18H23N5O2. The third kappa shape index (κ3) is 2.33. The third-order valence-corrected chi connectivity index (χ3v) is 6.35. The van der Waals surface area contributed by atoms with Gasteiger partial charge in [0.2, 0.25) is 0 Å². The lowest BCUT2D eigenvalue weighted by Gasteiger charge is -2.28. The Hall–Kier alpha value is -2.15. The highest BCUT2D eigenvalue weighted by atomic mass is 16.3. The zero-order chi connectivity index (χ0) is 17.2. The van der Waals surface area contributed by atoms with Crippen LogP contribution in [0.3, 0.4) is 0 Å². The molecule has 3 heterocycles. The summed E-state index contributed by atoms with van der Waals surface area (Å²) in [4.78, 5) is 28.4. The lowest BCUT2D eigenvalue weighted by atomic mass is 10.0. The highest BCUT2D eigenvalue weighted by Gasteiger charge is 2.53. The quantitative estimate of drug-likeness (QED) is 0.875. The molecule has 2 aromatic heterocycles. The number of nitrogens with one attached hydrogen (secondary N) is 1. The summed E-state index contributed by atoms with van der Waals surface area (Å²) in [5, 5.41) is 11.1. The monoisotopic (exact) mass is 341 g/mol. The number of hydrogen-bond donors (Lipinski definition) is 2. The Bertz CT molecular complexity index is 816. The zero-order valence-electron chi connectivity index (χ0n) is 14.4. The minimum atomic E-state index is -1.03. The van der Waals surface area contributed by atoms with Crippen LogP contribution in [0.25, 0.3) is 11.0 Å². The summed E-state index contributed by atoms with van der Waals surface area (Å²) >= 11 is 0. The molecule has 1 amide bonds. The van der Waals surface area contributed by atoms with Gasteiger partial charge in [0.1, 0.15) is 23.4 Å². The van der Waals surface area contributed by atoms with E-state index in [0.717, 1.165) is 42.8 Å². The number of carbonyl (C=O) groups excluding carboxylic acids is 1. The molecular weight excluding hydrogens is 318 g/mol. The second kappa shape index (κ2) is 5.17. The molecule has 3 atom stereocenters. The van der Waals surface area contributed by atoms with Gasteiger partial charge < -0.3 is 19.9 Å². The van der Waals surface area contributed by atoms with E-state index in [4.69, 9.17) is 0 Å². The van der Waals surface area contributed by atoms with E-state index in [1.807, 2.05) is 17.2 Å². The molecule has 2 saturated carbocycles. The van der Waals surface area contributed by atoms with Crippen molar-refractivity contribution in [2.24, 2.45) is 11.8 Å². The average molecular weight is 341 g/mol. The van der Waals surface area contributed by atoms with Gasteiger partial charge in [-0.25, -0.2) is 9.97 Å². The summed E-state index contributed by atoms with van der Waals surface area (Å²) in [6.07, 6.45) is 6.90. The highest BCUT2D eigenvalue weighted by Crippen LogP contribution is 2.44. The first-order valence-corrected chi connectivity index (χ1v) is 9.08. The maximum Gasteiger partial charge on any atom is 0.254 e. The molecule has 1 unspecified atom stereocenters. The summed E-state index contributed by atoms with van der Waals surface area (Å²) in [5.74, 6) is 1.98. The number of nitrogens with zero attached hydrogens (tertiary/aromatic N) is 4. The molecule has 2 aliphatic carbocycles. The van der Waals surface area contributed by atoms with Gasteiger partial charge in [0, 0.05) is 32.4 Å². The van der Waals surface area contributed by atoms with Gasteiger partial charge in [0.25, 0.3) is 5.91 Å². The number of H-pyrrole nitrogens is 1. The maximum absolute atomic E-state index is 12.4. The number of rotatable bonds is 3. The van der Waals surface area contributed by atoms with E-state index in [9.17, 15) is 9.90 Å². The Morgan fingerprint density at radius 1 is 1.32 bits per heavy atom. The van der Waals surface area contributed by atoms with E-state index in [1.54, 1.807) is 6.33 Å². The Balaban J connectivity index is 1.29. The van der Waals surface area contributed by atoms with Crippen molar-refractivity contribution in [3.05, 3.63) is 18.6 Å². The molecule has 0 spiro atoms. The zero-order valence-corrected chi connectivity index (χ0v) is 14.4. The molecule has 2 aromatic rings. The number of aromatic nitrogens is 3. The Morgan fingerprint density at radius 3 is 2.72 bits per heavy atom. The molecule has 5 rings (SSSR count). The molecule has 3 aliphatic rings. The first kappa shape index (κ1) is 15.1. The topological polar surface area (TPSA) is 85.4 Å². The minimum absolute atomic E-state index is 0.0448.